The molecule has 1 aromatic heterocycles. The highest BCUT2D eigenvalue weighted by Gasteiger charge is 2.35. The normalized spacial score (nSPS) is 24.2. The Morgan fingerprint density at radius 1 is 1.62 bits per heavy atom. The lowest BCUT2D eigenvalue weighted by molar-refractivity contribution is -0.129. The molecule has 0 saturated heterocycles. The summed E-state index contributed by atoms with van der Waals surface area (Å²) in [6.07, 6.45) is 3.28. The molecule has 5 nitrogen and oxygen atoms in total. The van der Waals surface area contributed by atoms with Crippen molar-refractivity contribution in [1.82, 2.24) is 15.5 Å². The zero-order valence-electron chi connectivity index (χ0n) is 9.64. The van der Waals surface area contributed by atoms with Crippen LogP contribution in [0.3, 0.4) is 0 Å². The van der Waals surface area contributed by atoms with Gasteiger partial charge in [-0.2, -0.15) is 4.98 Å². The van der Waals surface area contributed by atoms with Crippen molar-refractivity contribution in [2.75, 3.05) is 0 Å². The molecule has 1 aliphatic rings. The predicted octanol–water partition coefficient (Wildman–Crippen LogP) is 1.37. The lowest BCUT2D eigenvalue weighted by Crippen LogP contribution is -2.40. The maximum absolute atomic E-state index is 11.7. The van der Waals surface area contributed by atoms with Crippen molar-refractivity contribution in [3.63, 3.8) is 0 Å². The average Bonchev–Trinajstić information content (AvgIpc) is 2.63. The third-order valence-corrected chi connectivity index (χ3v) is 3.32. The molecule has 1 saturated carbocycles. The molecule has 1 aromatic rings. The van der Waals surface area contributed by atoms with Gasteiger partial charge in [-0.1, -0.05) is 19.0 Å². The van der Waals surface area contributed by atoms with Crippen LogP contribution in [0.25, 0.3) is 0 Å². The quantitative estimate of drug-likeness (QED) is 0.837. The van der Waals surface area contributed by atoms with Gasteiger partial charge in [0.2, 0.25) is 12.3 Å². The standard InChI is InChI=1S/C11H17N3O2/c1-7(2)8-3-9(4-8)11(15)12-5-10-13-6-16-14-10/h6-9H,3-5H2,1-2H3,(H,12,15). The summed E-state index contributed by atoms with van der Waals surface area (Å²) >= 11 is 0. The SMILES string of the molecule is CC(C)C1CC(C(=O)NCc2ncon2)C1. The Kier molecular flexibility index (Phi) is 3.22. The van der Waals surface area contributed by atoms with Gasteiger partial charge >= 0.3 is 0 Å². The van der Waals surface area contributed by atoms with Crippen molar-refractivity contribution in [3.8, 4) is 0 Å². The van der Waals surface area contributed by atoms with Crippen molar-refractivity contribution >= 4 is 5.91 Å². The first-order chi connectivity index (χ1) is 7.66. The van der Waals surface area contributed by atoms with E-state index >= 15 is 0 Å². The van der Waals surface area contributed by atoms with Gasteiger partial charge in [0.25, 0.3) is 0 Å². The largest absolute Gasteiger partial charge is 0.348 e. The van der Waals surface area contributed by atoms with Crippen LogP contribution in [0.1, 0.15) is 32.5 Å². The number of hydrogen-bond acceptors (Lipinski definition) is 4. The van der Waals surface area contributed by atoms with E-state index in [4.69, 9.17) is 0 Å². The first kappa shape index (κ1) is 11.1. The summed E-state index contributed by atoms with van der Waals surface area (Å²) < 4.78 is 4.58. The van der Waals surface area contributed by atoms with Crippen molar-refractivity contribution in [2.45, 2.75) is 33.2 Å². The van der Waals surface area contributed by atoms with Crippen LogP contribution < -0.4 is 5.32 Å². The van der Waals surface area contributed by atoms with Crippen molar-refractivity contribution in [1.29, 1.82) is 0 Å². The van der Waals surface area contributed by atoms with Crippen LogP contribution in [0.2, 0.25) is 0 Å². The molecule has 0 bridgehead atoms. The van der Waals surface area contributed by atoms with Crippen molar-refractivity contribution in [3.05, 3.63) is 12.2 Å². The second kappa shape index (κ2) is 4.63. The Morgan fingerprint density at radius 3 is 2.94 bits per heavy atom. The van der Waals surface area contributed by atoms with Crippen LogP contribution in [0.4, 0.5) is 0 Å². The van der Waals surface area contributed by atoms with Gasteiger partial charge in [-0.05, 0) is 24.7 Å². The molecule has 0 spiro atoms. The fourth-order valence-electron chi connectivity index (χ4n) is 2.00. The molecule has 0 radical (unpaired) electrons. The van der Waals surface area contributed by atoms with Gasteiger partial charge in [0, 0.05) is 5.92 Å². The smallest absolute Gasteiger partial charge is 0.223 e. The van der Waals surface area contributed by atoms with E-state index in [0.717, 1.165) is 12.8 Å². The number of carbonyl (C=O) groups is 1. The lowest BCUT2D eigenvalue weighted by atomic mass is 9.69. The predicted molar refractivity (Wildman–Crippen MR) is 57.2 cm³/mol. The van der Waals surface area contributed by atoms with Crippen molar-refractivity contribution in [2.24, 2.45) is 17.8 Å². The Hall–Kier alpha value is -1.39. The first-order valence-corrected chi connectivity index (χ1v) is 5.69. The summed E-state index contributed by atoms with van der Waals surface area (Å²) in [5, 5.41) is 6.46. The molecule has 2 rings (SSSR count). The Balaban J connectivity index is 1.70. The highest BCUT2D eigenvalue weighted by atomic mass is 16.5. The van der Waals surface area contributed by atoms with E-state index in [1.807, 2.05) is 0 Å². The summed E-state index contributed by atoms with van der Waals surface area (Å²) in [6.45, 7) is 4.77. The molecule has 1 aliphatic carbocycles. The second-order valence-corrected chi connectivity index (χ2v) is 4.74. The summed E-state index contributed by atoms with van der Waals surface area (Å²) in [6, 6.07) is 0. The summed E-state index contributed by atoms with van der Waals surface area (Å²) in [4.78, 5) is 15.5. The van der Waals surface area contributed by atoms with E-state index in [0.29, 0.717) is 24.2 Å². The zero-order chi connectivity index (χ0) is 11.5. The Morgan fingerprint density at radius 2 is 2.38 bits per heavy atom. The first-order valence-electron chi connectivity index (χ1n) is 5.69. The van der Waals surface area contributed by atoms with Crippen LogP contribution in [0, 0.1) is 17.8 Å². The third kappa shape index (κ3) is 2.40. The third-order valence-electron chi connectivity index (χ3n) is 3.32. The summed E-state index contributed by atoms with van der Waals surface area (Å²) in [5.41, 5.74) is 0. The molecule has 1 fully saturated rings. The van der Waals surface area contributed by atoms with Crippen LogP contribution in [0.15, 0.2) is 10.9 Å². The highest BCUT2D eigenvalue weighted by Crippen LogP contribution is 2.38. The van der Waals surface area contributed by atoms with Gasteiger partial charge in [0.1, 0.15) is 0 Å². The van der Waals surface area contributed by atoms with Crippen LogP contribution >= 0.6 is 0 Å². The number of nitrogens with zero attached hydrogens (tertiary/aromatic N) is 2. The Bertz CT molecular complexity index is 342. The molecule has 0 aliphatic heterocycles. The number of aromatic nitrogens is 2. The number of carbonyl (C=O) groups excluding carboxylic acids is 1. The van der Waals surface area contributed by atoms with Gasteiger partial charge in [0.15, 0.2) is 5.82 Å². The number of hydrogen-bond donors (Lipinski definition) is 1. The maximum Gasteiger partial charge on any atom is 0.223 e. The van der Waals surface area contributed by atoms with Gasteiger partial charge in [-0.15, -0.1) is 0 Å². The van der Waals surface area contributed by atoms with E-state index in [9.17, 15) is 4.79 Å². The number of amides is 1. The summed E-state index contributed by atoms with van der Waals surface area (Å²) in [7, 11) is 0. The fraction of sp³-hybridized carbons (Fsp3) is 0.727. The fourth-order valence-corrected chi connectivity index (χ4v) is 2.00. The molecule has 88 valence electrons. The van der Waals surface area contributed by atoms with E-state index < -0.39 is 0 Å². The van der Waals surface area contributed by atoms with Crippen LogP contribution in [0.5, 0.6) is 0 Å². The molecule has 1 heterocycles. The molecule has 1 amide bonds. The minimum absolute atomic E-state index is 0.113. The summed E-state index contributed by atoms with van der Waals surface area (Å²) in [5.74, 6) is 2.20. The van der Waals surface area contributed by atoms with E-state index in [1.54, 1.807) is 0 Å². The monoisotopic (exact) mass is 223 g/mol. The molecule has 5 heteroatoms. The molecule has 0 unspecified atom stereocenters. The molecule has 0 aromatic carbocycles. The second-order valence-electron chi connectivity index (χ2n) is 4.74. The minimum Gasteiger partial charge on any atom is -0.348 e. The molecule has 1 N–H and O–H groups in total. The molecular weight excluding hydrogens is 206 g/mol. The zero-order valence-corrected chi connectivity index (χ0v) is 9.64. The highest BCUT2D eigenvalue weighted by molar-refractivity contribution is 5.79. The molecule has 16 heavy (non-hydrogen) atoms. The van der Waals surface area contributed by atoms with Crippen LogP contribution in [-0.2, 0) is 11.3 Å². The average molecular weight is 223 g/mol. The number of rotatable bonds is 4. The molecule has 0 atom stereocenters. The Labute approximate surface area is 94.6 Å². The van der Waals surface area contributed by atoms with Gasteiger partial charge in [-0.3, -0.25) is 4.79 Å². The number of nitrogens with one attached hydrogen (secondary N) is 1. The van der Waals surface area contributed by atoms with Crippen LogP contribution in [-0.4, -0.2) is 16.0 Å². The van der Waals surface area contributed by atoms with Gasteiger partial charge in [-0.25, -0.2) is 0 Å². The van der Waals surface area contributed by atoms with Gasteiger partial charge in [0.05, 0.1) is 6.54 Å². The lowest BCUT2D eigenvalue weighted by Gasteiger charge is -2.36. The van der Waals surface area contributed by atoms with Crippen molar-refractivity contribution < 1.29 is 9.32 Å². The van der Waals surface area contributed by atoms with E-state index in [1.165, 1.54) is 6.39 Å². The van der Waals surface area contributed by atoms with Gasteiger partial charge < -0.3 is 9.84 Å². The molecular formula is C11H17N3O2. The minimum atomic E-state index is 0.113. The van der Waals surface area contributed by atoms with E-state index in [2.05, 4.69) is 33.8 Å². The maximum atomic E-state index is 11.7. The topological polar surface area (TPSA) is 68.0 Å². The van der Waals surface area contributed by atoms with E-state index in [-0.39, 0.29) is 11.8 Å².